The van der Waals surface area contributed by atoms with Crippen molar-refractivity contribution in [3.63, 3.8) is 0 Å². The van der Waals surface area contributed by atoms with Gasteiger partial charge >= 0.3 is 0 Å². The number of imidazole rings is 1. The molecule has 0 aliphatic carbocycles. The lowest BCUT2D eigenvalue weighted by Crippen LogP contribution is -1.92. The van der Waals surface area contributed by atoms with Crippen molar-refractivity contribution in [2.45, 2.75) is 0 Å². The minimum absolute atomic E-state index is 0.0455. The number of nitrogens with zero attached hydrogens (tertiary/aromatic N) is 4. The van der Waals surface area contributed by atoms with E-state index in [1.807, 2.05) is 28.8 Å². The number of rotatable bonds is 1. The minimum atomic E-state index is -0.0455. The van der Waals surface area contributed by atoms with Crippen molar-refractivity contribution in [2.75, 3.05) is 0 Å². The van der Waals surface area contributed by atoms with Crippen LogP contribution in [0.4, 0.5) is 0 Å². The molecule has 5 nitrogen and oxygen atoms in total. The Morgan fingerprint density at radius 2 is 2.06 bits per heavy atom. The van der Waals surface area contributed by atoms with Crippen molar-refractivity contribution in [3.8, 4) is 17.4 Å². The van der Waals surface area contributed by atoms with E-state index in [0.717, 1.165) is 11.3 Å². The number of fused-ring (bicyclic) bond motifs is 1. The van der Waals surface area contributed by atoms with Gasteiger partial charge in [-0.05, 0) is 12.1 Å². The smallest absolute Gasteiger partial charge is 0.214 e. The van der Waals surface area contributed by atoms with Gasteiger partial charge in [0.05, 0.1) is 6.20 Å². The Balaban J connectivity index is 2.26. The molecule has 0 atom stereocenters. The van der Waals surface area contributed by atoms with Gasteiger partial charge in [-0.25, -0.2) is 9.97 Å². The summed E-state index contributed by atoms with van der Waals surface area (Å²) in [6, 6.07) is 7.15. The van der Waals surface area contributed by atoms with Crippen LogP contribution in [0.25, 0.3) is 17.2 Å². The molecule has 0 bridgehead atoms. The highest BCUT2D eigenvalue weighted by atomic mass is 16.3. The summed E-state index contributed by atoms with van der Waals surface area (Å²) in [6.07, 6.45) is 5.08. The number of hydrogen-bond acceptors (Lipinski definition) is 4. The summed E-state index contributed by atoms with van der Waals surface area (Å²) >= 11 is 0. The fourth-order valence-corrected chi connectivity index (χ4v) is 1.57. The minimum Gasteiger partial charge on any atom is -0.493 e. The van der Waals surface area contributed by atoms with Gasteiger partial charge < -0.3 is 5.11 Å². The van der Waals surface area contributed by atoms with Crippen molar-refractivity contribution >= 4 is 5.65 Å². The van der Waals surface area contributed by atoms with Gasteiger partial charge in [0.2, 0.25) is 5.88 Å². The third-order valence-corrected chi connectivity index (χ3v) is 2.29. The van der Waals surface area contributed by atoms with Crippen molar-refractivity contribution in [3.05, 3.63) is 42.9 Å². The molecular weight excluding hydrogens is 204 g/mol. The normalized spacial score (nSPS) is 10.8. The van der Waals surface area contributed by atoms with E-state index in [1.54, 1.807) is 6.20 Å². The van der Waals surface area contributed by atoms with E-state index in [2.05, 4.69) is 15.0 Å². The van der Waals surface area contributed by atoms with Crippen LogP contribution in [0.5, 0.6) is 5.88 Å². The van der Waals surface area contributed by atoms with Crippen molar-refractivity contribution in [1.29, 1.82) is 0 Å². The zero-order chi connectivity index (χ0) is 11.0. The molecule has 0 aliphatic heterocycles. The lowest BCUT2D eigenvalue weighted by Gasteiger charge is -1.99. The topological polar surface area (TPSA) is 63.3 Å². The van der Waals surface area contributed by atoms with E-state index in [1.165, 1.54) is 12.3 Å². The molecule has 0 aliphatic rings. The molecule has 3 aromatic rings. The van der Waals surface area contributed by atoms with E-state index in [9.17, 15) is 5.11 Å². The summed E-state index contributed by atoms with van der Waals surface area (Å²) in [6.45, 7) is 0. The van der Waals surface area contributed by atoms with Crippen molar-refractivity contribution < 1.29 is 5.11 Å². The van der Waals surface area contributed by atoms with E-state index in [4.69, 9.17) is 0 Å². The Morgan fingerprint density at radius 1 is 1.12 bits per heavy atom. The first-order valence-electron chi connectivity index (χ1n) is 4.79. The molecule has 0 saturated heterocycles. The van der Waals surface area contributed by atoms with Gasteiger partial charge in [-0.15, -0.1) is 0 Å². The maximum atomic E-state index is 9.30. The largest absolute Gasteiger partial charge is 0.493 e. The lowest BCUT2D eigenvalue weighted by molar-refractivity contribution is 0.452. The highest BCUT2D eigenvalue weighted by molar-refractivity contribution is 5.56. The van der Waals surface area contributed by atoms with Crippen LogP contribution in [-0.4, -0.2) is 24.5 Å². The highest BCUT2D eigenvalue weighted by Crippen LogP contribution is 2.17. The molecule has 0 amide bonds. The molecular formula is C11H8N4O. The van der Waals surface area contributed by atoms with Crippen LogP contribution >= 0.6 is 0 Å². The molecule has 0 fully saturated rings. The zero-order valence-corrected chi connectivity index (χ0v) is 8.28. The quantitative estimate of drug-likeness (QED) is 0.663. The molecule has 3 rings (SSSR count). The molecule has 1 N–H and O–H groups in total. The number of aromatic hydroxyl groups is 1. The molecule has 5 heteroatoms. The third-order valence-electron chi connectivity index (χ3n) is 2.29. The second-order valence-electron chi connectivity index (χ2n) is 3.31. The Hall–Kier alpha value is -2.43. The van der Waals surface area contributed by atoms with Gasteiger partial charge in [-0.2, -0.15) is 4.98 Å². The van der Waals surface area contributed by atoms with Crippen LogP contribution in [0.1, 0.15) is 0 Å². The van der Waals surface area contributed by atoms with Gasteiger partial charge in [0.1, 0.15) is 11.3 Å². The Morgan fingerprint density at radius 3 is 2.94 bits per heavy atom. The molecule has 0 spiro atoms. The number of hydrogen-bond donors (Lipinski definition) is 1. The Bertz CT molecular complexity index is 647. The van der Waals surface area contributed by atoms with Crippen LogP contribution in [0.3, 0.4) is 0 Å². The van der Waals surface area contributed by atoms with Crippen LogP contribution in [0.2, 0.25) is 0 Å². The Labute approximate surface area is 91.1 Å². The molecule has 3 aromatic heterocycles. The van der Waals surface area contributed by atoms with Crippen molar-refractivity contribution in [1.82, 2.24) is 19.4 Å². The van der Waals surface area contributed by atoms with Gasteiger partial charge in [0, 0.05) is 18.5 Å². The van der Waals surface area contributed by atoms with Crippen molar-refractivity contribution in [2.24, 2.45) is 0 Å². The molecule has 16 heavy (non-hydrogen) atoms. The fourth-order valence-electron chi connectivity index (χ4n) is 1.57. The second kappa shape index (κ2) is 3.30. The lowest BCUT2D eigenvalue weighted by atomic mass is 10.4. The molecule has 78 valence electrons. The second-order valence-corrected chi connectivity index (χ2v) is 3.31. The van der Waals surface area contributed by atoms with Gasteiger partial charge in [0.25, 0.3) is 0 Å². The first kappa shape index (κ1) is 8.84. The molecule has 0 aromatic carbocycles. The van der Waals surface area contributed by atoms with Crippen LogP contribution < -0.4 is 0 Å². The number of aromatic nitrogens is 4. The average Bonchev–Trinajstić information content (AvgIpc) is 2.72. The predicted octanol–water partition coefficient (Wildman–Crippen LogP) is 1.50. The summed E-state index contributed by atoms with van der Waals surface area (Å²) in [5.41, 5.74) is 1.58. The molecule has 0 unspecified atom stereocenters. The molecule has 0 radical (unpaired) electrons. The van der Waals surface area contributed by atoms with Gasteiger partial charge in [-0.1, -0.05) is 6.07 Å². The van der Waals surface area contributed by atoms with E-state index >= 15 is 0 Å². The van der Waals surface area contributed by atoms with E-state index in [0.29, 0.717) is 5.82 Å². The predicted molar refractivity (Wildman–Crippen MR) is 57.9 cm³/mol. The standard InChI is InChI=1S/C11H8N4O/c16-10-4-5-12-11(14-10)8-7-13-9-3-1-2-6-15(8)9/h1-7H,(H,12,14,16). The fraction of sp³-hybridized carbons (Fsp3) is 0. The average molecular weight is 212 g/mol. The summed E-state index contributed by atoms with van der Waals surface area (Å²) < 4.78 is 1.87. The SMILES string of the molecule is Oc1ccnc(-c2cnc3ccccn23)n1. The summed E-state index contributed by atoms with van der Waals surface area (Å²) in [5, 5.41) is 9.30. The van der Waals surface area contributed by atoms with Crippen LogP contribution in [-0.2, 0) is 0 Å². The third kappa shape index (κ3) is 1.30. The number of pyridine rings is 1. The van der Waals surface area contributed by atoms with Crippen LogP contribution in [0.15, 0.2) is 42.9 Å². The molecule has 3 heterocycles. The highest BCUT2D eigenvalue weighted by Gasteiger charge is 2.07. The van der Waals surface area contributed by atoms with E-state index in [-0.39, 0.29) is 5.88 Å². The summed E-state index contributed by atoms with van der Waals surface area (Å²) in [4.78, 5) is 12.3. The molecule has 0 saturated carbocycles. The maximum absolute atomic E-state index is 9.30. The maximum Gasteiger partial charge on any atom is 0.214 e. The van der Waals surface area contributed by atoms with Gasteiger partial charge in [0.15, 0.2) is 5.82 Å². The Kier molecular flexibility index (Phi) is 1.83. The monoisotopic (exact) mass is 212 g/mol. The van der Waals surface area contributed by atoms with E-state index < -0.39 is 0 Å². The zero-order valence-electron chi connectivity index (χ0n) is 8.28. The first-order valence-corrected chi connectivity index (χ1v) is 4.79. The van der Waals surface area contributed by atoms with Gasteiger partial charge in [-0.3, -0.25) is 4.40 Å². The first-order chi connectivity index (χ1) is 7.84. The summed E-state index contributed by atoms with van der Waals surface area (Å²) in [5.74, 6) is 0.412. The van der Waals surface area contributed by atoms with Crippen LogP contribution in [0, 0.1) is 0 Å². The summed E-state index contributed by atoms with van der Waals surface area (Å²) in [7, 11) is 0.